The Morgan fingerprint density at radius 2 is 1.95 bits per heavy atom. The summed E-state index contributed by atoms with van der Waals surface area (Å²) in [5, 5.41) is 0. The summed E-state index contributed by atoms with van der Waals surface area (Å²) in [6.45, 7) is 5.62. The average Bonchev–Trinajstić information content (AvgIpc) is 2.86. The van der Waals surface area contributed by atoms with E-state index in [1.165, 1.54) is 64.5 Å². The Hall–Kier alpha value is -0.120. The summed E-state index contributed by atoms with van der Waals surface area (Å²) >= 11 is 0. The predicted octanol–water partition coefficient (Wildman–Crippen LogP) is 2.70. The number of rotatable bonds is 6. The zero-order valence-corrected chi connectivity index (χ0v) is 13.9. The van der Waals surface area contributed by atoms with Crippen molar-refractivity contribution in [3.8, 4) is 0 Å². The largest absolute Gasteiger partial charge is 0.329 e. The first-order chi connectivity index (χ1) is 9.61. The molecule has 0 radical (unpaired) electrons. The van der Waals surface area contributed by atoms with Crippen LogP contribution in [0.2, 0.25) is 0 Å². The number of hydrogen-bond donors (Lipinski definition) is 1. The molecule has 0 spiro atoms. The summed E-state index contributed by atoms with van der Waals surface area (Å²) in [6, 6.07) is 0.747. The molecule has 1 saturated heterocycles. The third-order valence-corrected chi connectivity index (χ3v) is 6.08. The quantitative estimate of drug-likeness (QED) is 0.812. The maximum absolute atomic E-state index is 6.21. The molecule has 2 rings (SSSR count). The fraction of sp³-hybridized carbons (Fsp3) is 1.00. The van der Waals surface area contributed by atoms with Gasteiger partial charge in [-0.15, -0.1) is 0 Å². The highest BCUT2D eigenvalue weighted by Gasteiger charge is 2.38. The van der Waals surface area contributed by atoms with Crippen molar-refractivity contribution < 1.29 is 0 Å². The van der Waals surface area contributed by atoms with Crippen LogP contribution in [0.4, 0.5) is 0 Å². The Bertz CT molecular complexity index is 284. The molecule has 118 valence electrons. The highest BCUT2D eigenvalue weighted by Crippen LogP contribution is 2.37. The van der Waals surface area contributed by atoms with E-state index < -0.39 is 0 Å². The average molecular weight is 281 g/mol. The van der Waals surface area contributed by atoms with Gasteiger partial charge in [-0.3, -0.25) is 4.90 Å². The summed E-state index contributed by atoms with van der Waals surface area (Å²) in [4.78, 5) is 5.14. The van der Waals surface area contributed by atoms with Gasteiger partial charge < -0.3 is 10.6 Å². The molecule has 1 aliphatic heterocycles. The molecule has 0 bridgehead atoms. The molecule has 3 nitrogen and oxygen atoms in total. The SMILES string of the molecule is CCCC1CCC(CN)(N(C)CC2CCCN2C)CC1. The normalized spacial score (nSPS) is 35.9. The van der Waals surface area contributed by atoms with Gasteiger partial charge in [0.15, 0.2) is 0 Å². The molecule has 1 unspecified atom stereocenters. The molecule has 20 heavy (non-hydrogen) atoms. The van der Waals surface area contributed by atoms with E-state index in [0.717, 1.165) is 18.5 Å². The van der Waals surface area contributed by atoms with Gasteiger partial charge in [-0.2, -0.15) is 0 Å². The second-order valence-electron chi connectivity index (χ2n) is 7.32. The zero-order valence-electron chi connectivity index (χ0n) is 13.9. The van der Waals surface area contributed by atoms with Crippen molar-refractivity contribution >= 4 is 0 Å². The maximum atomic E-state index is 6.21. The molecule has 0 aromatic carbocycles. The maximum Gasteiger partial charge on any atom is 0.0329 e. The molecule has 1 aliphatic carbocycles. The first-order valence-corrected chi connectivity index (χ1v) is 8.73. The van der Waals surface area contributed by atoms with Gasteiger partial charge in [0.2, 0.25) is 0 Å². The minimum atomic E-state index is 0.285. The van der Waals surface area contributed by atoms with Gasteiger partial charge in [0.25, 0.3) is 0 Å². The lowest BCUT2D eigenvalue weighted by Gasteiger charge is -2.47. The molecule has 0 amide bonds. The summed E-state index contributed by atoms with van der Waals surface area (Å²) in [6.07, 6.45) is 10.9. The van der Waals surface area contributed by atoms with E-state index in [1.807, 2.05) is 0 Å². The standard InChI is InChI=1S/C17H35N3/c1-4-6-15-8-10-17(14-18,11-9-15)20(3)13-16-7-5-12-19(16)2/h15-16H,4-14,18H2,1-3H3. The molecule has 3 heteroatoms. The van der Waals surface area contributed by atoms with Gasteiger partial charge in [-0.25, -0.2) is 0 Å². The van der Waals surface area contributed by atoms with E-state index in [2.05, 4.69) is 30.8 Å². The lowest BCUT2D eigenvalue weighted by Crippen LogP contribution is -2.56. The van der Waals surface area contributed by atoms with Crippen LogP contribution in [0.1, 0.15) is 58.3 Å². The molecule has 1 saturated carbocycles. The van der Waals surface area contributed by atoms with Crippen LogP contribution in [-0.2, 0) is 0 Å². The Morgan fingerprint density at radius 3 is 2.45 bits per heavy atom. The molecule has 0 aromatic rings. The number of likely N-dealkylation sites (tertiary alicyclic amines) is 1. The Morgan fingerprint density at radius 1 is 1.25 bits per heavy atom. The van der Waals surface area contributed by atoms with E-state index >= 15 is 0 Å². The third-order valence-electron chi connectivity index (χ3n) is 6.08. The topological polar surface area (TPSA) is 32.5 Å². The molecule has 1 heterocycles. The van der Waals surface area contributed by atoms with E-state index in [4.69, 9.17) is 5.73 Å². The van der Waals surface area contributed by atoms with Crippen LogP contribution in [0, 0.1) is 5.92 Å². The van der Waals surface area contributed by atoms with Gasteiger partial charge in [-0.1, -0.05) is 19.8 Å². The summed E-state index contributed by atoms with van der Waals surface area (Å²) in [5.74, 6) is 0.960. The van der Waals surface area contributed by atoms with Crippen molar-refractivity contribution in [1.29, 1.82) is 0 Å². The van der Waals surface area contributed by atoms with E-state index in [9.17, 15) is 0 Å². The third kappa shape index (κ3) is 3.55. The van der Waals surface area contributed by atoms with Crippen molar-refractivity contribution in [2.45, 2.75) is 69.9 Å². The van der Waals surface area contributed by atoms with E-state index in [-0.39, 0.29) is 5.54 Å². The van der Waals surface area contributed by atoms with Crippen molar-refractivity contribution in [3.05, 3.63) is 0 Å². The highest BCUT2D eigenvalue weighted by atomic mass is 15.2. The van der Waals surface area contributed by atoms with Gasteiger partial charge in [-0.05, 0) is 65.1 Å². The number of hydrogen-bond acceptors (Lipinski definition) is 3. The lowest BCUT2D eigenvalue weighted by molar-refractivity contribution is 0.0462. The van der Waals surface area contributed by atoms with Crippen LogP contribution in [0.15, 0.2) is 0 Å². The van der Waals surface area contributed by atoms with Gasteiger partial charge in [0.1, 0.15) is 0 Å². The van der Waals surface area contributed by atoms with E-state index in [1.54, 1.807) is 0 Å². The fourth-order valence-corrected chi connectivity index (χ4v) is 4.37. The fourth-order valence-electron chi connectivity index (χ4n) is 4.37. The minimum Gasteiger partial charge on any atom is -0.329 e. The summed E-state index contributed by atoms with van der Waals surface area (Å²) in [7, 11) is 4.60. The molecule has 2 fully saturated rings. The van der Waals surface area contributed by atoms with Crippen LogP contribution >= 0.6 is 0 Å². The van der Waals surface area contributed by atoms with Crippen LogP contribution in [0.3, 0.4) is 0 Å². The van der Waals surface area contributed by atoms with Crippen LogP contribution in [0.25, 0.3) is 0 Å². The second-order valence-corrected chi connectivity index (χ2v) is 7.32. The van der Waals surface area contributed by atoms with Gasteiger partial charge >= 0.3 is 0 Å². The smallest absolute Gasteiger partial charge is 0.0329 e. The molecular weight excluding hydrogens is 246 g/mol. The zero-order chi connectivity index (χ0) is 14.6. The Kier molecular flexibility index (Phi) is 5.88. The van der Waals surface area contributed by atoms with Crippen molar-refractivity contribution in [2.75, 3.05) is 33.7 Å². The lowest BCUT2D eigenvalue weighted by atomic mass is 9.74. The van der Waals surface area contributed by atoms with Crippen molar-refractivity contribution in [2.24, 2.45) is 11.7 Å². The van der Waals surface area contributed by atoms with Crippen molar-refractivity contribution in [3.63, 3.8) is 0 Å². The second kappa shape index (κ2) is 7.24. The first kappa shape index (κ1) is 16.3. The molecule has 0 aromatic heterocycles. The predicted molar refractivity (Wildman–Crippen MR) is 86.9 cm³/mol. The van der Waals surface area contributed by atoms with Crippen LogP contribution in [-0.4, -0.2) is 55.1 Å². The highest BCUT2D eigenvalue weighted by molar-refractivity contribution is 4.96. The molecule has 2 aliphatic rings. The summed E-state index contributed by atoms with van der Waals surface area (Å²) in [5.41, 5.74) is 6.50. The molecular formula is C17H35N3. The summed E-state index contributed by atoms with van der Waals surface area (Å²) < 4.78 is 0. The molecule has 1 atom stereocenters. The van der Waals surface area contributed by atoms with Crippen LogP contribution < -0.4 is 5.73 Å². The van der Waals surface area contributed by atoms with Crippen LogP contribution in [0.5, 0.6) is 0 Å². The Balaban J connectivity index is 1.90. The van der Waals surface area contributed by atoms with Crippen molar-refractivity contribution in [1.82, 2.24) is 9.80 Å². The van der Waals surface area contributed by atoms with Gasteiger partial charge in [0, 0.05) is 24.7 Å². The minimum absolute atomic E-state index is 0.285. The monoisotopic (exact) mass is 281 g/mol. The first-order valence-electron chi connectivity index (χ1n) is 8.73. The Labute approximate surface area is 125 Å². The number of nitrogens with two attached hydrogens (primary N) is 1. The number of likely N-dealkylation sites (N-methyl/N-ethyl adjacent to an activating group) is 2. The van der Waals surface area contributed by atoms with Gasteiger partial charge in [0.05, 0.1) is 0 Å². The van der Waals surface area contributed by atoms with E-state index in [0.29, 0.717) is 0 Å². The number of nitrogens with zero attached hydrogens (tertiary/aromatic N) is 2. The molecule has 2 N–H and O–H groups in total.